The molecular formula is C13H10BrClN2OS. The Morgan fingerprint density at radius 2 is 2.32 bits per heavy atom. The Kier molecular flexibility index (Phi) is 3.52. The van der Waals surface area contributed by atoms with Gasteiger partial charge in [-0.3, -0.25) is 4.40 Å². The van der Waals surface area contributed by atoms with Crippen LogP contribution in [0.5, 0.6) is 11.6 Å². The average molecular weight is 358 g/mol. The number of alkyl halides is 1. The highest BCUT2D eigenvalue weighted by molar-refractivity contribution is 9.10. The maximum Gasteiger partial charge on any atom is 0.243 e. The molecular weight excluding hydrogens is 348 g/mol. The average Bonchev–Trinajstić information content (AvgIpc) is 2.92. The largest absolute Gasteiger partial charge is 0.436 e. The molecule has 0 radical (unpaired) electrons. The fraction of sp³-hybridized carbons (Fsp3) is 0.154. The number of nitrogens with zero attached hydrogens (tertiary/aromatic N) is 2. The van der Waals surface area contributed by atoms with Crippen molar-refractivity contribution < 1.29 is 4.74 Å². The van der Waals surface area contributed by atoms with Crippen LogP contribution in [0.4, 0.5) is 0 Å². The second-order valence-electron chi connectivity index (χ2n) is 4.09. The molecule has 2 aromatic heterocycles. The molecule has 0 saturated heterocycles. The molecule has 0 fully saturated rings. The first-order valence-corrected chi connectivity index (χ1v) is 7.84. The molecule has 3 nitrogen and oxygen atoms in total. The molecule has 0 bridgehead atoms. The first-order chi connectivity index (χ1) is 9.19. The Balaban J connectivity index is 2.02. The van der Waals surface area contributed by atoms with E-state index in [1.807, 2.05) is 41.1 Å². The summed E-state index contributed by atoms with van der Waals surface area (Å²) in [5.74, 6) is 1.66. The van der Waals surface area contributed by atoms with Crippen molar-refractivity contribution in [3.8, 4) is 11.6 Å². The molecule has 0 aliphatic heterocycles. The van der Waals surface area contributed by atoms with Gasteiger partial charge in [-0.15, -0.1) is 22.9 Å². The van der Waals surface area contributed by atoms with Crippen molar-refractivity contribution in [2.24, 2.45) is 0 Å². The van der Waals surface area contributed by atoms with E-state index in [1.54, 1.807) is 11.3 Å². The van der Waals surface area contributed by atoms with Gasteiger partial charge in [0.1, 0.15) is 11.4 Å². The Morgan fingerprint density at radius 3 is 3.05 bits per heavy atom. The van der Waals surface area contributed by atoms with Crippen LogP contribution >= 0.6 is 38.9 Å². The standard InChI is InChI=1S/C13H10BrClN2OS/c1-8-2-3-11(9(14)6-8)18-12-10(7-15)17-4-5-19-13(17)16-12/h2-6H,7H2,1H3. The molecule has 1 aromatic carbocycles. The summed E-state index contributed by atoms with van der Waals surface area (Å²) in [5.41, 5.74) is 2.04. The highest BCUT2D eigenvalue weighted by Crippen LogP contribution is 2.33. The number of benzene rings is 1. The molecule has 0 aliphatic carbocycles. The minimum Gasteiger partial charge on any atom is -0.436 e. The SMILES string of the molecule is Cc1ccc(Oc2nc3sccn3c2CCl)c(Br)c1. The Morgan fingerprint density at radius 1 is 1.47 bits per heavy atom. The Hall–Kier alpha value is -1.04. The van der Waals surface area contributed by atoms with Gasteiger partial charge in [-0.25, -0.2) is 0 Å². The van der Waals surface area contributed by atoms with Crippen molar-refractivity contribution >= 4 is 43.8 Å². The van der Waals surface area contributed by atoms with E-state index in [-0.39, 0.29) is 0 Å². The minimum atomic E-state index is 0.358. The van der Waals surface area contributed by atoms with Crippen LogP contribution in [0.1, 0.15) is 11.3 Å². The van der Waals surface area contributed by atoms with Gasteiger partial charge in [0.15, 0.2) is 4.96 Å². The molecule has 0 atom stereocenters. The van der Waals surface area contributed by atoms with Crippen LogP contribution in [0.2, 0.25) is 0 Å². The van der Waals surface area contributed by atoms with Crippen LogP contribution in [0.15, 0.2) is 34.2 Å². The number of aryl methyl sites for hydroxylation is 1. The van der Waals surface area contributed by atoms with E-state index in [2.05, 4.69) is 20.9 Å². The third-order valence-corrected chi connectivity index (χ3v) is 4.37. The van der Waals surface area contributed by atoms with Gasteiger partial charge in [0, 0.05) is 11.6 Å². The second kappa shape index (κ2) is 5.15. The van der Waals surface area contributed by atoms with Gasteiger partial charge < -0.3 is 4.74 Å². The lowest BCUT2D eigenvalue weighted by Gasteiger charge is -2.07. The molecule has 3 aromatic rings. The smallest absolute Gasteiger partial charge is 0.243 e. The first kappa shape index (κ1) is 13.0. The minimum absolute atomic E-state index is 0.358. The molecule has 0 spiro atoms. The summed E-state index contributed by atoms with van der Waals surface area (Å²) in [4.78, 5) is 5.34. The van der Waals surface area contributed by atoms with Crippen LogP contribution in [-0.4, -0.2) is 9.38 Å². The van der Waals surface area contributed by atoms with Gasteiger partial charge in [0.2, 0.25) is 5.88 Å². The van der Waals surface area contributed by atoms with Gasteiger partial charge >= 0.3 is 0 Å². The number of thiazole rings is 1. The maximum atomic E-state index is 5.99. The van der Waals surface area contributed by atoms with Crippen molar-refractivity contribution in [3.63, 3.8) is 0 Å². The van der Waals surface area contributed by atoms with E-state index < -0.39 is 0 Å². The zero-order chi connectivity index (χ0) is 13.4. The van der Waals surface area contributed by atoms with Crippen LogP contribution in [0.25, 0.3) is 4.96 Å². The van der Waals surface area contributed by atoms with Crippen LogP contribution < -0.4 is 4.74 Å². The molecule has 6 heteroatoms. The van der Waals surface area contributed by atoms with E-state index >= 15 is 0 Å². The summed E-state index contributed by atoms with van der Waals surface area (Å²) >= 11 is 11.0. The Labute approximate surface area is 127 Å². The van der Waals surface area contributed by atoms with Gasteiger partial charge in [0.05, 0.1) is 10.4 Å². The van der Waals surface area contributed by atoms with E-state index in [4.69, 9.17) is 16.3 Å². The van der Waals surface area contributed by atoms with Crippen LogP contribution in [0, 0.1) is 6.92 Å². The molecule has 0 saturated carbocycles. The second-order valence-corrected chi connectivity index (χ2v) is 6.08. The fourth-order valence-electron chi connectivity index (χ4n) is 1.81. The van der Waals surface area contributed by atoms with E-state index in [9.17, 15) is 0 Å². The number of aromatic nitrogens is 2. The highest BCUT2D eigenvalue weighted by Gasteiger charge is 2.15. The number of ether oxygens (including phenoxy) is 1. The first-order valence-electron chi connectivity index (χ1n) is 5.63. The molecule has 19 heavy (non-hydrogen) atoms. The zero-order valence-electron chi connectivity index (χ0n) is 10.1. The number of rotatable bonds is 3. The molecule has 0 unspecified atom stereocenters. The van der Waals surface area contributed by atoms with Gasteiger partial charge in [-0.2, -0.15) is 4.98 Å². The van der Waals surface area contributed by atoms with Gasteiger partial charge in [-0.05, 0) is 40.5 Å². The predicted molar refractivity (Wildman–Crippen MR) is 81.6 cm³/mol. The lowest BCUT2D eigenvalue weighted by atomic mass is 10.2. The maximum absolute atomic E-state index is 5.99. The fourth-order valence-corrected chi connectivity index (χ4v) is 3.35. The lowest BCUT2D eigenvalue weighted by Crippen LogP contribution is -1.92. The van der Waals surface area contributed by atoms with Crippen LogP contribution in [-0.2, 0) is 5.88 Å². The molecule has 0 aliphatic rings. The third-order valence-electron chi connectivity index (χ3n) is 2.74. The summed E-state index contributed by atoms with van der Waals surface area (Å²) in [6, 6.07) is 5.93. The summed E-state index contributed by atoms with van der Waals surface area (Å²) < 4.78 is 8.73. The van der Waals surface area contributed by atoms with Crippen molar-refractivity contribution in [3.05, 3.63) is 45.5 Å². The molecule has 0 amide bonds. The normalized spacial score (nSPS) is 11.1. The van der Waals surface area contributed by atoms with Gasteiger partial charge in [-0.1, -0.05) is 6.07 Å². The van der Waals surface area contributed by atoms with E-state index in [0.29, 0.717) is 11.8 Å². The summed E-state index contributed by atoms with van der Waals surface area (Å²) in [6.45, 7) is 2.03. The van der Waals surface area contributed by atoms with Crippen molar-refractivity contribution in [2.45, 2.75) is 12.8 Å². The summed E-state index contributed by atoms with van der Waals surface area (Å²) in [5, 5.41) is 1.98. The summed E-state index contributed by atoms with van der Waals surface area (Å²) in [7, 11) is 0. The number of halogens is 2. The van der Waals surface area contributed by atoms with Crippen LogP contribution in [0.3, 0.4) is 0 Å². The van der Waals surface area contributed by atoms with Gasteiger partial charge in [0.25, 0.3) is 0 Å². The van der Waals surface area contributed by atoms with Crippen molar-refractivity contribution in [2.75, 3.05) is 0 Å². The van der Waals surface area contributed by atoms with E-state index in [0.717, 1.165) is 20.9 Å². The topological polar surface area (TPSA) is 26.5 Å². The Bertz CT molecular complexity index is 737. The number of hydrogen-bond acceptors (Lipinski definition) is 3. The monoisotopic (exact) mass is 356 g/mol. The number of hydrogen-bond donors (Lipinski definition) is 0. The highest BCUT2D eigenvalue weighted by atomic mass is 79.9. The van der Waals surface area contributed by atoms with Crippen molar-refractivity contribution in [1.82, 2.24) is 9.38 Å². The zero-order valence-corrected chi connectivity index (χ0v) is 13.2. The summed E-state index contributed by atoms with van der Waals surface area (Å²) in [6.07, 6.45) is 1.95. The molecule has 0 N–H and O–H groups in total. The quantitative estimate of drug-likeness (QED) is 0.617. The third kappa shape index (κ3) is 2.38. The number of fused-ring (bicyclic) bond motifs is 1. The number of imidazole rings is 1. The molecule has 2 heterocycles. The van der Waals surface area contributed by atoms with E-state index in [1.165, 1.54) is 5.56 Å². The molecule has 98 valence electrons. The van der Waals surface area contributed by atoms with Crippen molar-refractivity contribution in [1.29, 1.82) is 0 Å². The lowest BCUT2D eigenvalue weighted by molar-refractivity contribution is 0.458. The predicted octanol–water partition coefficient (Wildman–Crippen LogP) is 5.00. The molecule has 3 rings (SSSR count).